The lowest BCUT2D eigenvalue weighted by atomic mass is 10.2. The molecule has 2 aromatic rings. The largest absolute Gasteiger partial charge is 0.497 e. The van der Waals surface area contributed by atoms with Crippen molar-refractivity contribution in [1.82, 2.24) is 0 Å². The fourth-order valence-electron chi connectivity index (χ4n) is 1.49. The van der Waals surface area contributed by atoms with E-state index in [1.807, 2.05) is 24.3 Å². The highest BCUT2D eigenvalue weighted by Gasteiger charge is 2.01. The van der Waals surface area contributed by atoms with Gasteiger partial charge in [0.15, 0.2) is 4.67 Å². The van der Waals surface area contributed by atoms with Gasteiger partial charge in [0.25, 0.3) is 0 Å². The molecule has 104 valence electrons. The lowest BCUT2D eigenvalue weighted by Crippen LogP contribution is -2.00. The van der Waals surface area contributed by atoms with Gasteiger partial charge in [0.2, 0.25) is 0 Å². The summed E-state index contributed by atoms with van der Waals surface area (Å²) in [5.41, 5.74) is 0.897. The molecule has 0 amide bonds. The van der Waals surface area contributed by atoms with Crippen LogP contribution in [0.15, 0.2) is 51.6 Å². The number of halogens is 1. The molecule has 1 aromatic carbocycles. The van der Waals surface area contributed by atoms with Crippen LogP contribution in [0, 0.1) is 0 Å². The first-order chi connectivity index (χ1) is 9.67. The van der Waals surface area contributed by atoms with E-state index in [9.17, 15) is 4.79 Å². The van der Waals surface area contributed by atoms with E-state index in [0.717, 1.165) is 11.3 Å². The smallest absolute Gasteiger partial charge is 0.331 e. The second kappa shape index (κ2) is 6.96. The van der Waals surface area contributed by atoms with E-state index >= 15 is 0 Å². The van der Waals surface area contributed by atoms with Gasteiger partial charge in [0.05, 0.1) is 7.11 Å². The third kappa shape index (κ3) is 4.28. The third-order valence-corrected chi connectivity index (χ3v) is 2.94. The standard InChI is InChI=1S/C15H13BrO4/c1-18-12-4-2-11(3-5-12)10-19-15(17)9-7-13-6-8-14(16)20-13/h2-9H,10H2,1H3/b9-7+. The van der Waals surface area contributed by atoms with Crippen molar-refractivity contribution in [1.29, 1.82) is 0 Å². The maximum Gasteiger partial charge on any atom is 0.331 e. The summed E-state index contributed by atoms with van der Waals surface area (Å²) in [5, 5.41) is 0. The normalized spacial score (nSPS) is 10.7. The Hall–Kier alpha value is -2.01. The van der Waals surface area contributed by atoms with E-state index in [4.69, 9.17) is 13.9 Å². The molecule has 20 heavy (non-hydrogen) atoms. The predicted octanol–water partition coefficient (Wildman–Crippen LogP) is 3.81. The molecule has 0 aliphatic rings. The van der Waals surface area contributed by atoms with Gasteiger partial charge in [-0.05, 0) is 51.8 Å². The zero-order valence-electron chi connectivity index (χ0n) is 10.8. The van der Waals surface area contributed by atoms with Crippen LogP contribution in [0.5, 0.6) is 5.75 Å². The Balaban J connectivity index is 1.83. The molecule has 0 saturated carbocycles. The van der Waals surface area contributed by atoms with Crippen LogP contribution in [0.3, 0.4) is 0 Å². The van der Waals surface area contributed by atoms with Crippen LogP contribution in [0.1, 0.15) is 11.3 Å². The fraction of sp³-hybridized carbons (Fsp3) is 0.133. The summed E-state index contributed by atoms with van der Waals surface area (Å²) in [6.07, 6.45) is 2.88. The molecule has 0 aliphatic heterocycles. The Kier molecular flexibility index (Phi) is 5.01. The minimum absolute atomic E-state index is 0.217. The first-order valence-corrected chi connectivity index (χ1v) is 6.70. The molecule has 0 bridgehead atoms. The minimum atomic E-state index is -0.423. The predicted molar refractivity (Wildman–Crippen MR) is 78.2 cm³/mol. The zero-order valence-corrected chi connectivity index (χ0v) is 12.4. The second-order valence-electron chi connectivity index (χ2n) is 3.93. The fourth-order valence-corrected chi connectivity index (χ4v) is 1.81. The van der Waals surface area contributed by atoms with E-state index in [1.165, 1.54) is 6.08 Å². The van der Waals surface area contributed by atoms with Gasteiger partial charge < -0.3 is 13.9 Å². The molecule has 0 atom stereocenters. The molecule has 5 heteroatoms. The van der Waals surface area contributed by atoms with Crippen molar-refractivity contribution in [2.75, 3.05) is 7.11 Å². The van der Waals surface area contributed by atoms with Crippen molar-refractivity contribution in [3.63, 3.8) is 0 Å². The van der Waals surface area contributed by atoms with E-state index in [1.54, 1.807) is 25.3 Å². The van der Waals surface area contributed by atoms with Crippen molar-refractivity contribution >= 4 is 28.0 Å². The molecule has 0 radical (unpaired) electrons. The molecular weight excluding hydrogens is 324 g/mol. The summed E-state index contributed by atoms with van der Waals surface area (Å²) in [7, 11) is 1.60. The summed E-state index contributed by atoms with van der Waals surface area (Å²) < 4.78 is 16.0. The lowest BCUT2D eigenvalue weighted by Gasteiger charge is -2.03. The third-order valence-electron chi connectivity index (χ3n) is 2.52. The van der Waals surface area contributed by atoms with E-state index in [2.05, 4.69) is 15.9 Å². The summed E-state index contributed by atoms with van der Waals surface area (Å²) in [6.45, 7) is 0.217. The average Bonchev–Trinajstić information content (AvgIpc) is 2.89. The van der Waals surface area contributed by atoms with Crippen LogP contribution in [-0.4, -0.2) is 13.1 Å². The number of ether oxygens (including phenoxy) is 2. The molecule has 2 rings (SSSR count). The van der Waals surface area contributed by atoms with Gasteiger partial charge in [-0.3, -0.25) is 0 Å². The van der Waals surface area contributed by atoms with Gasteiger partial charge in [0, 0.05) is 6.08 Å². The number of rotatable bonds is 5. The lowest BCUT2D eigenvalue weighted by molar-refractivity contribution is -0.138. The average molecular weight is 337 g/mol. The molecule has 1 aromatic heterocycles. The summed E-state index contributed by atoms with van der Waals surface area (Å²) >= 11 is 3.19. The Morgan fingerprint density at radius 2 is 2.00 bits per heavy atom. The quantitative estimate of drug-likeness (QED) is 0.615. The highest BCUT2D eigenvalue weighted by molar-refractivity contribution is 9.10. The number of methoxy groups -OCH3 is 1. The Labute approximate surface area is 125 Å². The van der Waals surface area contributed by atoms with E-state index < -0.39 is 5.97 Å². The van der Waals surface area contributed by atoms with Gasteiger partial charge in [-0.2, -0.15) is 0 Å². The van der Waals surface area contributed by atoms with Crippen LogP contribution in [0.25, 0.3) is 6.08 Å². The van der Waals surface area contributed by atoms with Crippen molar-refractivity contribution < 1.29 is 18.7 Å². The van der Waals surface area contributed by atoms with Crippen molar-refractivity contribution in [2.24, 2.45) is 0 Å². The van der Waals surface area contributed by atoms with Crippen molar-refractivity contribution in [3.8, 4) is 5.75 Å². The van der Waals surface area contributed by atoms with Crippen LogP contribution in [0.4, 0.5) is 0 Å². The SMILES string of the molecule is COc1ccc(COC(=O)/C=C/c2ccc(Br)o2)cc1. The molecular formula is C15H13BrO4. The molecule has 0 N–H and O–H groups in total. The number of benzene rings is 1. The van der Waals surface area contributed by atoms with E-state index in [-0.39, 0.29) is 6.61 Å². The van der Waals surface area contributed by atoms with Crippen LogP contribution in [0.2, 0.25) is 0 Å². The van der Waals surface area contributed by atoms with Gasteiger partial charge in [-0.1, -0.05) is 12.1 Å². The molecule has 0 spiro atoms. The first kappa shape index (κ1) is 14.4. The summed E-state index contributed by atoms with van der Waals surface area (Å²) in [5.74, 6) is 0.926. The number of esters is 1. The maximum absolute atomic E-state index is 11.5. The Bertz CT molecular complexity index is 599. The highest BCUT2D eigenvalue weighted by Crippen LogP contribution is 2.15. The minimum Gasteiger partial charge on any atom is -0.497 e. The summed E-state index contributed by atoms with van der Waals surface area (Å²) in [6, 6.07) is 10.8. The van der Waals surface area contributed by atoms with Gasteiger partial charge >= 0.3 is 5.97 Å². The van der Waals surface area contributed by atoms with Gasteiger partial charge in [-0.15, -0.1) is 0 Å². The van der Waals surface area contributed by atoms with Crippen molar-refractivity contribution in [2.45, 2.75) is 6.61 Å². The van der Waals surface area contributed by atoms with Crippen molar-refractivity contribution in [3.05, 3.63) is 58.5 Å². The number of carbonyl (C=O) groups is 1. The van der Waals surface area contributed by atoms with Gasteiger partial charge in [0.1, 0.15) is 18.1 Å². The highest BCUT2D eigenvalue weighted by atomic mass is 79.9. The Morgan fingerprint density at radius 3 is 2.60 bits per heavy atom. The molecule has 0 fully saturated rings. The number of carbonyl (C=O) groups excluding carboxylic acids is 1. The number of hydrogen-bond acceptors (Lipinski definition) is 4. The monoisotopic (exact) mass is 336 g/mol. The first-order valence-electron chi connectivity index (χ1n) is 5.90. The second-order valence-corrected chi connectivity index (χ2v) is 4.71. The topological polar surface area (TPSA) is 48.7 Å². The van der Waals surface area contributed by atoms with Gasteiger partial charge in [-0.25, -0.2) is 4.79 Å². The zero-order chi connectivity index (χ0) is 14.4. The molecule has 0 saturated heterocycles. The summed E-state index contributed by atoms with van der Waals surface area (Å²) in [4.78, 5) is 11.5. The Morgan fingerprint density at radius 1 is 1.25 bits per heavy atom. The maximum atomic E-state index is 11.5. The van der Waals surface area contributed by atoms with Crippen LogP contribution < -0.4 is 4.74 Å². The molecule has 0 aliphatic carbocycles. The molecule has 0 unspecified atom stereocenters. The number of furan rings is 1. The van der Waals surface area contributed by atoms with Crippen LogP contribution >= 0.6 is 15.9 Å². The van der Waals surface area contributed by atoms with E-state index in [0.29, 0.717) is 10.4 Å². The molecule has 1 heterocycles. The number of hydrogen-bond donors (Lipinski definition) is 0. The van der Waals surface area contributed by atoms with Crippen LogP contribution in [-0.2, 0) is 16.1 Å². The molecule has 4 nitrogen and oxygen atoms in total.